The summed E-state index contributed by atoms with van der Waals surface area (Å²) in [6, 6.07) is 7.99. The van der Waals surface area contributed by atoms with Crippen LogP contribution in [0.15, 0.2) is 48.1 Å². The standard InChI is InChI=1S/C22H22O3/c1-5-13-10-14-11-17(13)19-18(14)20(24-4)15-8-6-7-9-16(15)21(19)25-22(23)12(2)3/h6-10,14,17H,2,5,11H2,1,3-4H3. The van der Waals surface area contributed by atoms with Crippen molar-refractivity contribution in [2.75, 3.05) is 7.11 Å². The second-order valence-electron chi connectivity index (χ2n) is 6.90. The van der Waals surface area contributed by atoms with E-state index in [2.05, 4.69) is 19.6 Å². The Balaban J connectivity index is 2.03. The zero-order chi connectivity index (χ0) is 17.7. The predicted molar refractivity (Wildman–Crippen MR) is 99.4 cm³/mol. The number of hydrogen-bond acceptors (Lipinski definition) is 3. The lowest BCUT2D eigenvalue weighted by Gasteiger charge is -2.24. The topological polar surface area (TPSA) is 35.5 Å². The van der Waals surface area contributed by atoms with Gasteiger partial charge in [-0.05, 0) is 19.8 Å². The summed E-state index contributed by atoms with van der Waals surface area (Å²) in [5.74, 6) is 1.89. The largest absolute Gasteiger partial charge is 0.496 e. The number of methoxy groups -OCH3 is 1. The first-order valence-electron chi connectivity index (χ1n) is 8.77. The average Bonchev–Trinajstić information content (AvgIpc) is 3.20. The highest BCUT2D eigenvalue weighted by Crippen LogP contribution is 2.61. The Morgan fingerprint density at radius 3 is 2.48 bits per heavy atom. The highest BCUT2D eigenvalue weighted by molar-refractivity contribution is 6.00. The van der Waals surface area contributed by atoms with Crippen molar-refractivity contribution in [1.82, 2.24) is 0 Å². The minimum absolute atomic E-state index is 0.316. The van der Waals surface area contributed by atoms with Crippen molar-refractivity contribution in [3.63, 3.8) is 0 Å². The molecule has 2 aromatic rings. The van der Waals surface area contributed by atoms with Crippen LogP contribution in [0.25, 0.3) is 10.8 Å². The predicted octanol–water partition coefficient (Wildman–Crippen LogP) is 5.25. The van der Waals surface area contributed by atoms with Crippen LogP contribution in [0, 0.1) is 0 Å². The average molecular weight is 334 g/mol. The van der Waals surface area contributed by atoms with Gasteiger partial charge in [-0.3, -0.25) is 0 Å². The first-order valence-corrected chi connectivity index (χ1v) is 8.77. The summed E-state index contributed by atoms with van der Waals surface area (Å²) in [5.41, 5.74) is 4.16. The summed E-state index contributed by atoms with van der Waals surface area (Å²) in [4.78, 5) is 12.3. The van der Waals surface area contributed by atoms with E-state index in [9.17, 15) is 4.79 Å². The molecule has 0 radical (unpaired) electrons. The second kappa shape index (κ2) is 5.76. The highest BCUT2D eigenvalue weighted by atomic mass is 16.5. The molecule has 2 aromatic carbocycles. The number of benzene rings is 2. The fraction of sp³-hybridized carbons (Fsp3) is 0.318. The maximum atomic E-state index is 12.3. The molecule has 25 heavy (non-hydrogen) atoms. The fourth-order valence-electron chi connectivity index (χ4n) is 4.35. The molecule has 2 aliphatic carbocycles. The minimum atomic E-state index is -0.373. The molecule has 2 aliphatic rings. The van der Waals surface area contributed by atoms with Crippen LogP contribution in [-0.2, 0) is 4.79 Å². The van der Waals surface area contributed by atoms with Gasteiger partial charge in [-0.25, -0.2) is 4.79 Å². The maximum Gasteiger partial charge on any atom is 0.338 e. The lowest BCUT2D eigenvalue weighted by Crippen LogP contribution is -2.13. The van der Waals surface area contributed by atoms with E-state index in [4.69, 9.17) is 9.47 Å². The van der Waals surface area contributed by atoms with E-state index in [-0.39, 0.29) is 5.97 Å². The number of carbonyl (C=O) groups excluding carboxylic acids is 1. The molecule has 0 aliphatic heterocycles. The molecule has 0 aromatic heterocycles. The summed E-state index contributed by atoms with van der Waals surface area (Å²) in [6.07, 6.45) is 4.43. The molecule has 4 rings (SSSR count). The van der Waals surface area contributed by atoms with Gasteiger partial charge in [0.15, 0.2) is 0 Å². The number of allylic oxidation sites excluding steroid dienone is 2. The van der Waals surface area contributed by atoms with Gasteiger partial charge < -0.3 is 9.47 Å². The van der Waals surface area contributed by atoms with Crippen LogP contribution in [0.2, 0.25) is 0 Å². The summed E-state index contributed by atoms with van der Waals surface area (Å²) in [5, 5.41) is 1.92. The van der Waals surface area contributed by atoms with Crippen LogP contribution in [0.3, 0.4) is 0 Å². The van der Waals surface area contributed by atoms with Crippen molar-refractivity contribution >= 4 is 16.7 Å². The number of ether oxygens (including phenoxy) is 2. The van der Waals surface area contributed by atoms with Crippen molar-refractivity contribution in [1.29, 1.82) is 0 Å². The van der Waals surface area contributed by atoms with Crippen molar-refractivity contribution < 1.29 is 14.3 Å². The lowest BCUT2D eigenvalue weighted by atomic mass is 9.86. The Morgan fingerprint density at radius 2 is 1.88 bits per heavy atom. The fourth-order valence-corrected chi connectivity index (χ4v) is 4.35. The van der Waals surface area contributed by atoms with Gasteiger partial charge in [0, 0.05) is 39.3 Å². The van der Waals surface area contributed by atoms with Crippen LogP contribution in [0.5, 0.6) is 11.5 Å². The third-order valence-electron chi connectivity index (χ3n) is 5.42. The molecule has 0 N–H and O–H groups in total. The molecule has 0 fully saturated rings. The Bertz CT molecular complexity index is 936. The summed E-state index contributed by atoms with van der Waals surface area (Å²) in [7, 11) is 1.72. The Hall–Kier alpha value is -2.55. The number of hydrogen-bond donors (Lipinski definition) is 0. The Kier molecular flexibility index (Phi) is 3.68. The maximum absolute atomic E-state index is 12.3. The third-order valence-corrected chi connectivity index (χ3v) is 5.42. The lowest BCUT2D eigenvalue weighted by molar-refractivity contribution is -0.130. The highest BCUT2D eigenvalue weighted by Gasteiger charge is 2.43. The SMILES string of the molecule is C=C(C)C(=O)Oc1c2c(c(OC)c3ccccc13)C1C=C(CC)C2C1. The van der Waals surface area contributed by atoms with Gasteiger partial charge in [-0.2, -0.15) is 0 Å². The van der Waals surface area contributed by atoms with E-state index in [1.807, 2.05) is 24.3 Å². The number of fused-ring (bicyclic) bond motifs is 6. The zero-order valence-corrected chi connectivity index (χ0v) is 14.9. The van der Waals surface area contributed by atoms with E-state index in [1.165, 1.54) is 11.1 Å². The van der Waals surface area contributed by atoms with Gasteiger partial charge >= 0.3 is 5.97 Å². The number of carbonyl (C=O) groups is 1. The zero-order valence-electron chi connectivity index (χ0n) is 14.9. The minimum Gasteiger partial charge on any atom is -0.496 e. The monoisotopic (exact) mass is 334 g/mol. The molecule has 3 nitrogen and oxygen atoms in total. The van der Waals surface area contributed by atoms with E-state index < -0.39 is 0 Å². The molecular weight excluding hydrogens is 312 g/mol. The molecule has 3 heteroatoms. The van der Waals surface area contributed by atoms with Crippen molar-refractivity contribution in [3.8, 4) is 11.5 Å². The van der Waals surface area contributed by atoms with Gasteiger partial charge in [0.1, 0.15) is 11.5 Å². The van der Waals surface area contributed by atoms with Gasteiger partial charge in [0.25, 0.3) is 0 Å². The van der Waals surface area contributed by atoms with Gasteiger partial charge in [-0.15, -0.1) is 0 Å². The molecule has 0 saturated carbocycles. The Labute approximate surface area is 147 Å². The van der Waals surface area contributed by atoms with Crippen molar-refractivity contribution in [3.05, 3.63) is 59.2 Å². The van der Waals surface area contributed by atoms with Crippen molar-refractivity contribution in [2.24, 2.45) is 0 Å². The molecule has 0 saturated heterocycles. The number of esters is 1. The first-order chi connectivity index (χ1) is 12.1. The molecule has 0 spiro atoms. The van der Waals surface area contributed by atoms with Gasteiger partial charge in [-0.1, -0.05) is 49.4 Å². The summed E-state index contributed by atoms with van der Waals surface area (Å²) in [6.45, 7) is 7.59. The first kappa shape index (κ1) is 15.9. The third kappa shape index (κ3) is 2.22. The van der Waals surface area contributed by atoms with E-state index in [0.717, 1.165) is 34.9 Å². The van der Waals surface area contributed by atoms with Crippen LogP contribution < -0.4 is 9.47 Å². The molecule has 0 heterocycles. The van der Waals surface area contributed by atoms with Crippen LogP contribution in [-0.4, -0.2) is 13.1 Å². The summed E-state index contributed by atoms with van der Waals surface area (Å²) < 4.78 is 11.7. The van der Waals surface area contributed by atoms with E-state index >= 15 is 0 Å². The molecular formula is C22H22O3. The smallest absolute Gasteiger partial charge is 0.338 e. The van der Waals surface area contributed by atoms with Crippen LogP contribution in [0.4, 0.5) is 0 Å². The summed E-state index contributed by atoms with van der Waals surface area (Å²) >= 11 is 0. The van der Waals surface area contributed by atoms with E-state index in [1.54, 1.807) is 14.0 Å². The molecule has 2 atom stereocenters. The van der Waals surface area contributed by atoms with Gasteiger partial charge in [0.05, 0.1) is 7.11 Å². The second-order valence-corrected chi connectivity index (χ2v) is 6.90. The Morgan fingerprint density at radius 1 is 1.20 bits per heavy atom. The normalized spacial score (nSPS) is 20.4. The molecule has 0 amide bonds. The van der Waals surface area contributed by atoms with Crippen molar-refractivity contribution in [2.45, 2.75) is 38.5 Å². The molecule has 128 valence electrons. The van der Waals surface area contributed by atoms with Crippen LogP contribution in [0.1, 0.15) is 49.7 Å². The van der Waals surface area contributed by atoms with Crippen LogP contribution >= 0.6 is 0 Å². The molecule has 2 unspecified atom stereocenters. The van der Waals surface area contributed by atoms with Gasteiger partial charge in [0.2, 0.25) is 0 Å². The van der Waals surface area contributed by atoms with E-state index in [0.29, 0.717) is 23.2 Å². The quantitative estimate of drug-likeness (QED) is 0.331. The number of rotatable bonds is 4. The molecule has 2 bridgehead atoms.